The van der Waals surface area contributed by atoms with Crippen LogP contribution in [0, 0.1) is 0 Å². The molecule has 0 bridgehead atoms. The predicted octanol–water partition coefficient (Wildman–Crippen LogP) is 11.3. The number of nitrogens with zero attached hydrogens (tertiary/aromatic N) is 4. The molecule has 0 fully saturated rings. The van der Waals surface area contributed by atoms with Crippen LogP contribution >= 0.6 is 0 Å². The summed E-state index contributed by atoms with van der Waals surface area (Å²) in [5.41, 5.74) is 11.1. The highest BCUT2D eigenvalue weighted by atomic mass is 15.0. The summed E-state index contributed by atoms with van der Waals surface area (Å²) in [4.78, 5) is 14.7. The quantitative estimate of drug-likeness (QED) is 0.184. The molecule has 0 saturated heterocycles. The fraction of sp³-hybridized carbons (Fsp3) is 0. The first kappa shape index (κ1) is 28.6. The first-order valence-corrected chi connectivity index (χ1v) is 16.5. The van der Waals surface area contributed by atoms with Crippen LogP contribution in [-0.4, -0.2) is 19.5 Å². The van der Waals surface area contributed by atoms with Crippen LogP contribution in [0.15, 0.2) is 182 Å². The van der Waals surface area contributed by atoms with Crippen molar-refractivity contribution < 1.29 is 0 Å². The van der Waals surface area contributed by atoms with Gasteiger partial charge in [-0.15, -0.1) is 0 Å². The number of hydrogen-bond donors (Lipinski definition) is 0. The zero-order valence-electron chi connectivity index (χ0n) is 26.6. The van der Waals surface area contributed by atoms with Crippen molar-refractivity contribution in [2.75, 3.05) is 0 Å². The van der Waals surface area contributed by atoms with E-state index in [2.05, 4.69) is 126 Å². The summed E-state index contributed by atoms with van der Waals surface area (Å²) in [6, 6.07) is 63.4. The Balaban J connectivity index is 1.12. The molecule has 0 amide bonds. The summed E-state index contributed by atoms with van der Waals surface area (Å²) in [7, 11) is 0. The van der Waals surface area contributed by atoms with E-state index in [9.17, 15) is 0 Å². The van der Waals surface area contributed by atoms with Crippen LogP contribution in [0.4, 0.5) is 0 Å². The minimum Gasteiger partial charge on any atom is -0.309 e. The molecule has 4 heteroatoms. The van der Waals surface area contributed by atoms with Gasteiger partial charge >= 0.3 is 0 Å². The normalized spacial score (nSPS) is 11.3. The van der Waals surface area contributed by atoms with Gasteiger partial charge in [-0.3, -0.25) is 0 Å². The van der Waals surface area contributed by atoms with Crippen molar-refractivity contribution in [2.24, 2.45) is 0 Å². The summed E-state index contributed by atoms with van der Waals surface area (Å²) >= 11 is 0. The zero-order valence-corrected chi connectivity index (χ0v) is 26.6. The van der Waals surface area contributed by atoms with Gasteiger partial charge in [-0.25, -0.2) is 15.0 Å². The highest BCUT2D eigenvalue weighted by molar-refractivity contribution is 6.13. The second-order valence-corrected chi connectivity index (χ2v) is 12.1. The Labute approximate surface area is 284 Å². The lowest BCUT2D eigenvalue weighted by Gasteiger charge is -2.13. The molecule has 9 aromatic rings. The predicted molar refractivity (Wildman–Crippen MR) is 201 cm³/mol. The van der Waals surface area contributed by atoms with Crippen LogP contribution in [0.2, 0.25) is 0 Å². The first-order valence-electron chi connectivity index (χ1n) is 16.5. The number of rotatable bonds is 6. The Bertz CT molecular complexity index is 2520. The average Bonchev–Trinajstić information content (AvgIpc) is 3.53. The molecule has 230 valence electrons. The molecule has 0 unspecified atom stereocenters. The number of benzene rings is 7. The molecular weight excluding hydrogens is 597 g/mol. The monoisotopic (exact) mass is 626 g/mol. The lowest BCUT2D eigenvalue weighted by Crippen LogP contribution is -2.00. The van der Waals surface area contributed by atoms with E-state index in [4.69, 9.17) is 15.0 Å². The van der Waals surface area contributed by atoms with Crippen LogP contribution in [0.25, 0.3) is 83.9 Å². The molecule has 7 aromatic carbocycles. The molecular formula is C45H30N4. The van der Waals surface area contributed by atoms with Crippen LogP contribution in [0.1, 0.15) is 0 Å². The maximum absolute atomic E-state index is 4.91. The summed E-state index contributed by atoms with van der Waals surface area (Å²) in [5.74, 6) is 1.96. The summed E-state index contributed by atoms with van der Waals surface area (Å²) in [5, 5.41) is 2.49. The van der Waals surface area contributed by atoms with Crippen LogP contribution in [0.5, 0.6) is 0 Å². The van der Waals surface area contributed by atoms with Crippen LogP contribution in [-0.2, 0) is 0 Å². The van der Waals surface area contributed by atoms with Gasteiger partial charge in [0.15, 0.2) is 17.5 Å². The van der Waals surface area contributed by atoms with Crippen molar-refractivity contribution >= 4 is 21.8 Å². The van der Waals surface area contributed by atoms with E-state index in [0.29, 0.717) is 17.5 Å². The lowest BCUT2D eigenvalue weighted by molar-refractivity contribution is 1.07. The number of aromatic nitrogens is 4. The molecule has 0 aliphatic heterocycles. The van der Waals surface area contributed by atoms with E-state index < -0.39 is 0 Å². The molecule has 0 aliphatic rings. The molecule has 0 saturated carbocycles. The van der Waals surface area contributed by atoms with E-state index >= 15 is 0 Å². The van der Waals surface area contributed by atoms with Gasteiger partial charge in [0.05, 0.1) is 11.0 Å². The molecule has 2 aromatic heterocycles. The van der Waals surface area contributed by atoms with E-state index in [1.165, 1.54) is 32.9 Å². The van der Waals surface area contributed by atoms with Crippen molar-refractivity contribution in [2.45, 2.75) is 0 Å². The van der Waals surface area contributed by atoms with Crippen LogP contribution < -0.4 is 0 Å². The molecule has 9 rings (SSSR count). The van der Waals surface area contributed by atoms with Gasteiger partial charge in [-0.1, -0.05) is 158 Å². The molecule has 0 atom stereocenters. The van der Waals surface area contributed by atoms with Gasteiger partial charge in [-0.05, 0) is 41.0 Å². The van der Waals surface area contributed by atoms with Crippen molar-refractivity contribution in [3.63, 3.8) is 0 Å². The molecule has 2 heterocycles. The second-order valence-electron chi connectivity index (χ2n) is 12.1. The number of hydrogen-bond acceptors (Lipinski definition) is 3. The SMILES string of the molecule is c1ccc(-c2nc(-c3ccccc3)nc(-c3ccc(-c4cccc(-c5cccc6c7ccccc7n(-c7ccccc7)c56)c4)cc3)n2)cc1. The molecule has 0 radical (unpaired) electrons. The van der Waals surface area contributed by atoms with Crippen LogP contribution in [0.3, 0.4) is 0 Å². The standard InChI is InChI=1S/C45H30N4/c1-4-14-32(15-5-1)43-46-44(33-16-6-2-7-17-33)48-45(47-43)34-28-26-31(27-29-34)35-18-12-19-36(30-35)38-23-13-24-40-39-22-10-11-25-41(39)49(42(38)40)37-20-8-3-9-21-37/h1-30H. The number of fused-ring (bicyclic) bond motifs is 3. The highest BCUT2D eigenvalue weighted by Crippen LogP contribution is 2.39. The van der Waals surface area contributed by atoms with E-state index in [-0.39, 0.29) is 0 Å². The summed E-state index contributed by atoms with van der Waals surface area (Å²) in [6.07, 6.45) is 0. The Morgan fingerprint density at radius 1 is 0.327 bits per heavy atom. The molecule has 4 nitrogen and oxygen atoms in total. The Morgan fingerprint density at radius 2 is 0.796 bits per heavy atom. The topological polar surface area (TPSA) is 43.6 Å². The van der Waals surface area contributed by atoms with Crippen molar-refractivity contribution in [3.05, 3.63) is 182 Å². The van der Waals surface area contributed by atoms with Crippen molar-refractivity contribution in [1.29, 1.82) is 0 Å². The van der Waals surface area contributed by atoms with Gasteiger partial charge in [-0.2, -0.15) is 0 Å². The smallest absolute Gasteiger partial charge is 0.164 e. The van der Waals surface area contributed by atoms with Crippen molar-refractivity contribution in [1.82, 2.24) is 19.5 Å². The number of para-hydroxylation sites is 3. The second kappa shape index (κ2) is 12.2. The average molecular weight is 627 g/mol. The molecule has 49 heavy (non-hydrogen) atoms. The third kappa shape index (κ3) is 5.26. The Hall–Kier alpha value is -6.65. The fourth-order valence-corrected chi connectivity index (χ4v) is 6.71. The third-order valence-corrected chi connectivity index (χ3v) is 9.06. The Kier molecular flexibility index (Phi) is 7.10. The maximum atomic E-state index is 4.91. The highest BCUT2D eigenvalue weighted by Gasteiger charge is 2.17. The largest absolute Gasteiger partial charge is 0.309 e. The molecule has 0 spiro atoms. The van der Waals surface area contributed by atoms with Crippen molar-refractivity contribution in [3.8, 4) is 62.1 Å². The first-order chi connectivity index (χ1) is 24.3. The fourth-order valence-electron chi connectivity index (χ4n) is 6.71. The van der Waals surface area contributed by atoms with Gasteiger partial charge in [0.2, 0.25) is 0 Å². The molecule has 0 aliphatic carbocycles. The van der Waals surface area contributed by atoms with Gasteiger partial charge in [0.1, 0.15) is 0 Å². The summed E-state index contributed by atoms with van der Waals surface area (Å²) in [6.45, 7) is 0. The molecule has 0 N–H and O–H groups in total. The Morgan fingerprint density at radius 3 is 1.45 bits per heavy atom. The van der Waals surface area contributed by atoms with E-state index in [1.807, 2.05) is 60.7 Å². The van der Waals surface area contributed by atoms with Gasteiger partial charge in [0, 0.05) is 38.7 Å². The zero-order chi connectivity index (χ0) is 32.6. The van der Waals surface area contributed by atoms with E-state index in [1.54, 1.807) is 0 Å². The minimum absolute atomic E-state index is 0.647. The van der Waals surface area contributed by atoms with Gasteiger partial charge < -0.3 is 4.57 Å². The summed E-state index contributed by atoms with van der Waals surface area (Å²) < 4.78 is 2.39. The van der Waals surface area contributed by atoms with E-state index in [0.717, 1.165) is 33.5 Å². The third-order valence-electron chi connectivity index (χ3n) is 9.06. The lowest BCUT2D eigenvalue weighted by atomic mass is 9.97. The maximum Gasteiger partial charge on any atom is 0.164 e. The minimum atomic E-state index is 0.647. The van der Waals surface area contributed by atoms with Gasteiger partial charge in [0.25, 0.3) is 0 Å².